The Morgan fingerprint density at radius 1 is 1.07 bits per heavy atom. The Morgan fingerprint density at radius 3 is 2.60 bits per heavy atom. The summed E-state index contributed by atoms with van der Waals surface area (Å²) >= 11 is 5.05. The lowest BCUT2D eigenvalue weighted by molar-refractivity contribution is -0.120. The molecule has 8 heteroatoms. The topological polar surface area (TPSA) is 102 Å². The second-order valence-corrected chi connectivity index (χ2v) is 7.80. The van der Waals surface area contributed by atoms with Crippen molar-refractivity contribution < 1.29 is 4.79 Å². The summed E-state index contributed by atoms with van der Waals surface area (Å²) in [6, 6.07) is 11.7. The van der Waals surface area contributed by atoms with Crippen LogP contribution in [0.3, 0.4) is 0 Å². The first kappa shape index (κ1) is 21.7. The Kier molecular flexibility index (Phi) is 7.35. The van der Waals surface area contributed by atoms with Gasteiger partial charge in [-0.3, -0.25) is 4.79 Å². The van der Waals surface area contributed by atoms with Crippen molar-refractivity contribution in [3.05, 3.63) is 46.7 Å². The van der Waals surface area contributed by atoms with Gasteiger partial charge in [0, 0.05) is 11.6 Å². The molecule has 0 saturated carbocycles. The smallest absolute Gasteiger partial charge is 0.227 e. The molecule has 0 aliphatic heterocycles. The van der Waals surface area contributed by atoms with Crippen LogP contribution in [0.25, 0.3) is 22.1 Å². The lowest BCUT2D eigenvalue weighted by atomic mass is 9.98. The molecule has 1 amide bonds. The number of hydrogen-bond acceptors (Lipinski definition) is 4. The summed E-state index contributed by atoms with van der Waals surface area (Å²) in [6.45, 7) is 6.24. The summed E-state index contributed by atoms with van der Waals surface area (Å²) in [4.78, 5) is 18.3. The van der Waals surface area contributed by atoms with Gasteiger partial charge in [0.15, 0.2) is 4.77 Å². The summed E-state index contributed by atoms with van der Waals surface area (Å²) < 4.78 is 0.595. The number of rotatable bonds is 6. The number of aryl methyl sites for hydroxylation is 1. The average Bonchev–Trinajstić information content (AvgIpc) is 3.33. The minimum atomic E-state index is 0.0929. The van der Waals surface area contributed by atoms with E-state index in [4.69, 9.17) is 12.2 Å². The van der Waals surface area contributed by atoms with Crippen molar-refractivity contribution in [3.8, 4) is 0 Å². The molecule has 4 aromatic rings. The van der Waals surface area contributed by atoms with Gasteiger partial charge in [0.2, 0.25) is 5.91 Å². The molecule has 1 unspecified atom stereocenters. The highest BCUT2D eigenvalue weighted by Gasteiger charge is 2.16. The minimum Gasteiger partial charge on any atom is -0.331 e. The van der Waals surface area contributed by atoms with E-state index in [1.165, 1.54) is 5.56 Å². The van der Waals surface area contributed by atoms with E-state index in [-0.39, 0.29) is 11.8 Å². The molecule has 30 heavy (non-hydrogen) atoms. The highest BCUT2D eigenvalue weighted by Crippen LogP contribution is 2.19. The van der Waals surface area contributed by atoms with Crippen LogP contribution in [0.2, 0.25) is 0 Å². The van der Waals surface area contributed by atoms with Gasteiger partial charge in [0.05, 0.1) is 11.0 Å². The van der Waals surface area contributed by atoms with Gasteiger partial charge in [-0.2, -0.15) is 15.4 Å². The Hall–Kier alpha value is -3.00. The van der Waals surface area contributed by atoms with Crippen LogP contribution < -0.4 is 5.32 Å². The van der Waals surface area contributed by atoms with E-state index < -0.39 is 0 Å². The Bertz CT molecular complexity index is 1180. The van der Waals surface area contributed by atoms with Gasteiger partial charge < -0.3 is 15.3 Å². The van der Waals surface area contributed by atoms with Crippen LogP contribution in [0, 0.1) is 17.6 Å². The molecule has 0 aliphatic rings. The second kappa shape index (κ2) is 10.2. The number of nitrogens with one attached hydrogen (secondary N) is 4. The van der Waals surface area contributed by atoms with E-state index in [1.807, 2.05) is 43.3 Å². The van der Waals surface area contributed by atoms with Gasteiger partial charge in [-0.05, 0) is 67.9 Å². The zero-order valence-corrected chi connectivity index (χ0v) is 18.4. The molecular formula is C22H28N6OS. The summed E-state index contributed by atoms with van der Waals surface area (Å²) in [5.74, 6) is 0.199. The van der Waals surface area contributed by atoms with E-state index in [1.54, 1.807) is 0 Å². The molecule has 0 radical (unpaired) electrons. The fourth-order valence-electron chi connectivity index (χ4n) is 3.28. The van der Waals surface area contributed by atoms with Crippen LogP contribution in [0.4, 0.5) is 5.69 Å². The predicted molar refractivity (Wildman–Crippen MR) is 124 cm³/mol. The fraction of sp³-hybridized carbons (Fsp3) is 0.364. The number of unbranched alkanes of at least 4 members (excludes halogenated alkanes) is 1. The summed E-state index contributed by atoms with van der Waals surface area (Å²) in [5, 5.41) is 13.4. The van der Waals surface area contributed by atoms with Crippen LogP contribution >= 0.6 is 12.2 Å². The number of fused-ring (bicyclic) bond motifs is 2. The minimum absolute atomic E-state index is 0.0929. The molecule has 0 saturated heterocycles. The maximum atomic E-state index is 12.2. The van der Waals surface area contributed by atoms with Crippen LogP contribution in [0.1, 0.15) is 45.1 Å². The largest absolute Gasteiger partial charge is 0.331 e. The molecule has 2 aromatic heterocycles. The highest BCUT2D eigenvalue weighted by molar-refractivity contribution is 7.71. The first-order chi connectivity index (χ1) is 14.5. The summed E-state index contributed by atoms with van der Waals surface area (Å²) in [5.41, 5.74) is 5.73. The van der Waals surface area contributed by atoms with Gasteiger partial charge in [-0.1, -0.05) is 32.8 Å². The van der Waals surface area contributed by atoms with Crippen LogP contribution in [-0.4, -0.2) is 31.3 Å². The molecule has 0 bridgehead atoms. The first-order valence-corrected chi connectivity index (χ1v) is 10.7. The number of aromatic amines is 3. The zero-order chi connectivity index (χ0) is 21.5. The average molecular weight is 425 g/mol. The van der Waals surface area contributed by atoms with Crippen LogP contribution in [0.15, 0.2) is 36.4 Å². The third-order valence-corrected chi connectivity index (χ3v) is 5.23. The number of nitrogens with zero attached hydrogens (tertiary/aromatic N) is 2. The van der Waals surface area contributed by atoms with Gasteiger partial charge in [-0.25, -0.2) is 0 Å². The van der Waals surface area contributed by atoms with Crippen molar-refractivity contribution in [3.63, 3.8) is 0 Å². The van der Waals surface area contributed by atoms with Gasteiger partial charge in [0.25, 0.3) is 0 Å². The lowest BCUT2D eigenvalue weighted by Crippen LogP contribution is -2.22. The van der Waals surface area contributed by atoms with E-state index in [2.05, 4.69) is 44.5 Å². The van der Waals surface area contributed by atoms with Gasteiger partial charge in [0.1, 0.15) is 11.0 Å². The molecule has 158 valence electrons. The third-order valence-electron chi connectivity index (χ3n) is 5.03. The van der Waals surface area contributed by atoms with Gasteiger partial charge in [-0.15, -0.1) is 0 Å². The van der Waals surface area contributed by atoms with Gasteiger partial charge >= 0.3 is 0 Å². The van der Waals surface area contributed by atoms with Crippen molar-refractivity contribution in [1.29, 1.82) is 0 Å². The predicted octanol–water partition coefficient (Wildman–Crippen LogP) is 5.65. The van der Waals surface area contributed by atoms with E-state index in [0.29, 0.717) is 4.77 Å². The monoisotopic (exact) mass is 424 g/mol. The molecule has 4 rings (SSSR count). The Labute approximate surface area is 180 Å². The fourth-order valence-corrected chi connectivity index (χ4v) is 3.50. The number of H-pyrrole nitrogens is 3. The summed E-state index contributed by atoms with van der Waals surface area (Å²) in [6.07, 6.45) is 4.04. The van der Waals surface area contributed by atoms with Crippen molar-refractivity contribution in [2.75, 3.05) is 5.32 Å². The molecule has 2 aromatic carbocycles. The number of anilines is 1. The molecular weight excluding hydrogens is 396 g/mol. The van der Waals surface area contributed by atoms with E-state index >= 15 is 0 Å². The van der Waals surface area contributed by atoms with Crippen LogP contribution in [0.5, 0.6) is 0 Å². The number of benzene rings is 2. The van der Waals surface area contributed by atoms with Crippen molar-refractivity contribution >= 4 is 45.9 Å². The van der Waals surface area contributed by atoms with E-state index in [0.717, 1.165) is 53.4 Å². The highest BCUT2D eigenvalue weighted by atomic mass is 32.1. The van der Waals surface area contributed by atoms with Crippen LogP contribution in [-0.2, 0) is 4.79 Å². The maximum Gasteiger partial charge on any atom is 0.227 e. The molecule has 0 aliphatic carbocycles. The second-order valence-electron chi connectivity index (χ2n) is 7.39. The number of amides is 1. The Morgan fingerprint density at radius 2 is 1.83 bits per heavy atom. The molecule has 0 spiro atoms. The van der Waals surface area contributed by atoms with Crippen molar-refractivity contribution in [2.45, 2.75) is 46.5 Å². The maximum absolute atomic E-state index is 12.2. The van der Waals surface area contributed by atoms with Crippen molar-refractivity contribution in [1.82, 2.24) is 25.4 Å². The molecule has 1 atom stereocenters. The quantitative estimate of drug-likeness (QED) is 0.300. The number of carbonyl (C=O) groups is 1. The van der Waals surface area contributed by atoms with Crippen molar-refractivity contribution in [2.24, 2.45) is 5.92 Å². The number of aromatic nitrogens is 5. The van der Waals surface area contributed by atoms with E-state index in [9.17, 15) is 4.79 Å². The molecule has 2 heterocycles. The lowest BCUT2D eigenvalue weighted by Gasteiger charge is -2.14. The number of hydrogen-bond donors (Lipinski definition) is 4. The summed E-state index contributed by atoms with van der Waals surface area (Å²) in [7, 11) is 0. The first-order valence-electron chi connectivity index (χ1n) is 10.3. The SMILES string of the molecule is CCCCC(CC)C(=O)Nc1ccc2[nH]c(=S)[nH]c2c1.Cc1ccc2n[nH]nc2c1. The standard InChI is InChI=1S/C15H21N3OS.C7H7N3/c1-3-5-6-10(4-2)14(19)16-11-7-8-12-13(9-11)18-15(20)17-12;1-5-2-3-6-7(4-5)9-10-8-6/h7-10H,3-6H2,1-2H3,(H,16,19)(H2,17,18,20);2-4H,1H3,(H,8,9,10). The number of carbonyl (C=O) groups excluding carboxylic acids is 1. The Balaban J connectivity index is 0.000000212. The normalized spacial score (nSPS) is 11.8. The number of imidazole rings is 1. The molecule has 0 fully saturated rings. The molecule has 7 nitrogen and oxygen atoms in total. The zero-order valence-electron chi connectivity index (χ0n) is 17.6. The third kappa shape index (κ3) is 5.54. The molecule has 4 N–H and O–H groups in total.